The lowest BCUT2D eigenvalue weighted by Gasteiger charge is -2.15. The van der Waals surface area contributed by atoms with Crippen molar-refractivity contribution in [3.63, 3.8) is 0 Å². The van der Waals surface area contributed by atoms with E-state index in [1.807, 2.05) is 0 Å². The minimum atomic E-state index is -5.31. The Balaban J connectivity index is 1.92. The van der Waals surface area contributed by atoms with Crippen LogP contribution in [0.15, 0.2) is 66.2 Å². The summed E-state index contributed by atoms with van der Waals surface area (Å²) in [5.74, 6) is -2.32. The van der Waals surface area contributed by atoms with Crippen molar-refractivity contribution in [3.8, 4) is 5.75 Å². The quantitative estimate of drug-likeness (QED) is 0.0297. The van der Waals surface area contributed by atoms with Gasteiger partial charge in [0.05, 0.1) is 35.0 Å². The SMILES string of the molecule is CNc1nc(Cl)nc(Nc2cc(SOOO)cc3cc(S(=O)(=O)O)c(/N=N/c4ccc(S(=O)(=O)CCOS(=O)(=O)O)cc4S(=O)(=O)O)c(O)c23)n1. The van der Waals surface area contributed by atoms with E-state index in [4.69, 9.17) is 21.4 Å². The fraction of sp³-hybridized carbons (Fsp3) is 0.136. The number of nitrogens with one attached hydrogen (secondary N) is 2. The molecule has 7 N–H and O–H groups in total. The predicted molar refractivity (Wildman–Crippen MR) is 174 cm³/mol. The Hall–Kier alpha value is -3.91. The van der Waals surface area contributed by atoms with Crippen LogP contribution in [0, 0.1) is 0 Å². The van der Waals surface area contributed by atoms with Gasteiger partial charge >= 0.3 is 10.4 Å². The topological polar surface area (TPSA) is 353 Å². The molecule has 0 aliphatic carbocycles. The maximum atomic E-state index is 12.6. The average Bonchev–Trinajstić information content (AvgIpc) is 3.01. The summed E-state index contributed by atoms with van der Waals surface area (Å²) in [6, 6.07) is 5.14. The van der Waals surface area contributed by atoms with E-state index in [-0.39, 0.29) is 38.5 Å². The Morgan fingerprint density at radius 2 is 1.55 bits per heavy atom. The van der Waals surface area contributed by atoms with Crippen LogP contribution in [0.2, 0.25) is 5.28 Å². The van der Waals surface area contributed by atoms with Crippen LogP contribution in [0.3, 0.4) is 0 Å². The lowest BCUT2D eigenvalue weighted by Crippen LogP contribution is -2.16. The van der Waals surface area contributed by atoms with Crippen LogP contribution in [0.4, 0.5) is 29.0 Å². The van der Waals surface area contributed by atoms with Crippen molar-refractivity contribution in [2.24, 2.45) is 10.2 Å². The van der Waals surface area contributed by atoms with E-state index >= 15 is 0 Å². The molecule has 0 aliphatic heterocycles. The first-order valence-corrected chi connectivity index (χ1v) is 19.8. The Bertz CT molecular complexity index is 2490. The number of aromatic nitrogens is 3. The van der Waals surface area contributed by atoms with Gasteiger partial charge in [0.1, 0.15) is 21.2 Å². The molecule has 0 amide bonds. The lowest BCUT2D eigenvalue weighted by molar-refractivity contribution is -0.432. The molecule has 1 heterocycles. The van der Waals surface area contributed by atoms with Crippen LogP contribution in [-0.2, 0) is 54.0 Å². The van der Waals surface area contributed by atoms with Crippen LogP contribution in [0.5, 0.6) is 5.75 Å². The lowest BCUT2D eigenvalue weighted by atomic mass is 10.1. The second-order valence-corrected chi connectivity index (χ2v) is 16.4. The number of rotatable bonds is 15. The van der Waals surface area contributed by atoms with Crippen molar-refractivity contribution >= 4 is 104 Å². The molecular formula is C22H20ClN7O16S5. The minimum absolute atomic E-state index is 0.00313. The molecule has 0 aliphatic rings. The average molecular weight is 834 g/mol. The molecule has 4 rings (SSSR count). The summed E-state index contributed by atoms with van der Waals surface area (Å²) in [6.07, 6.45) is 0. The fourth-order valence-corrected chi connectivity index (χ4v) is 7.54. The van der Waals surface area contributed by atoms with Gasteiger partial charge in [0.25, 0.3) is 20.2 Å². The number of hydrogen-bond donors (Lipinski definition) is 7. The molecule has 51 heavy (non-hydrogen) atoms. The van der Waals surface area contributed by atoms with Crippen molar-refractivity contribution in [2.45, 2.75) is 19.6 Å². The second kappa shape index (κ2) is 15.4. The van der Waals surface area contributed by atoms with Gasteiger partial charge in [-0.15, -0.1) is 14.6 Å². The summed E-state index contributed by atoms with van der Waals surface area (Å²) in [5.41, 5.74) is -1.92. The van der Waals surface area contributed by atoms with E-state index in [2.05, 4.69) is 49.4 Å². The number of aromatic hydroxyl groups is 1. The number of hydrogen-bond acceptors (Lipinski definition) is 21. The number of phenolic OH excluding ortho intramolecular Hbond substituents is 1. The van der Waals surface area contributed by atoms with Crippen LogP contribution < -0.4 is 10.6 Å². The zero-order valence-corrected chi connectivity index (χ0v) is 29.6. The van der Waals surface area contributed by atoms with Crippen molar-refractivity contribution in [1.82, 2.24) is 15.0 Å². The third-order valence-electron chi connectivity index (χ3n) is 6.05. The van der Waals surface area contributed by atoms with Gasteiger partial charge in [-0.05, 0) is 53.4 Å². The Kier molecular flexibility index (Phi) is 12.0. The number of halogens is 1. The van der Waals surface area contributed by atoms with E-state index in [9.17, 15) is 47.9 Å². The highest BCUT2D eigenvalue weighted by molar-refractivity contribution is 7.94. The number of azo groups is 1. The minimum Gasteiger partial charge on any atom is -0.505 e. The zero-order valence-electron chi connectivity index (χ0n) is 24.8. The van der Waals surface area contributed by atoms with Gasteiger partial charge in [-0.2, -0.15) is 40.2 Å². The molecule has 0 atom stereocenters. The largest absolute Gasteiger partial charge is 0.505 e. The number of anilines is 3. The highest BCUT2D eigenvalue weighted by atomic mass is 35.5. The summed E-state index contributed by atoms with van der Waals surface area (Å²) in [6.45, 7) is -1.07. The summed E-state index contributed by atoms with van der Waals surface area (Å²) in [4.78, 5) is 8.80. The molecule has 0 unspecified atom stereocenters. The highest BCUT2D eigenvalue weighted by Gasteiger charge is 2.26. The van der Waals surface area contributed by atoms with Crippen molar-refractivity contribution in [1.29, 1.82) is 0 Å². The Morgan fingerprint density at radius 3 is 2.16 bits per heavy atom. The molecule has 0 spiro atoms. The van der Waals surface area contributed by atoms with Gasteiger partial charge in [-0.1, -0.05) is 5.04 Å². The smallest absolute Gasteiger partial charge is 0.397 e. The van der Waals surface area contributed by atoms with Crippen molar-refractivity contribution < 1.29 is 71.2 Å². The van der Waals surface area contributed by atoms with Crippen LogP contribution in [0.25, 0.3) is 10.8 Å². The molecule has 0 bridgehead atoms. The summed E-state index contributed by atoms with van der Waals surface area (Å²) in [7, 11) is -18.6. The van der Waals surface area contributed by atoms with Gasteiger partial charge in [0.15, 0.2) is 15.6 Å². The van der Waals surface area contributed by atoms with Crippen LogP contribution in [0.1, 0.15) is 0 Å². The molecule has 23 nitrogen and oxygen atoms in total. The number of fused-ring (bicyclic) bond motifs is 1. The normalized spacial score (nSPS) is 12.8. The fourth-order valence-electron chi connectivity index (χ4n) is 4.04. The molecule has 0 saturated carbocycles. The maximum Gasteiger partial charge on any atom is 0.397 e. The molecule has 0 fully saturated rings. The van der Waals surface area contributed by atoms with E-state index < -0.39 is 84.6 Å². The molecule has 1 aromatic heterocycles. The maximum absolute atomic E-state index is 12.6. The molecule has 3 aromatic carbocycles. The number of benzene rings is 3. The van der Waals surface area contributed by atoms with E-state index in [0.29, 0.717) is 24.2 Å². The van der Waals surface area contributed by atoms with Crippen LogP contribution >= 0.6 is 23.6 Å². The second-order valence-electron chi connectivity index (χ2n) is 9.34. The van der Waals surface area contributed by atoms with Crippen molar-refractivity contribution in [3.05, 3.63) is 41.7 Å². The van der Waals surface area contributed by atoms with Gasteiger partial charge < -0.3 is 15.7 Å². The standard InChI is InChI=1S/C22H20ClN7O16S5/c1-24-21-26-20(23)27-22(28-21)25-14-8-11(47-46-45-32)6-10-7-16(50(38,39)40)18(19(31)17(10)14)30-29-13-3-2-12(9-15(13)49(35,36)37)48(33,34)5-4-44-51(41,42)43/h2-3,6-9,31-32H,4-5H2,1H3,(H,35,36,37)(H,38,39,40)(H,41,42,43)(H2,24,25,26,27,28)/b30-29+. The predicted octanol–water partition coefficient (Wildman–Crippen LogP) is 3.10. The molecule has 4 aromatic rings. The monoisotopic (exact) mass is 833 g/mol. The van der Waals surface area contributed by atoms with E-state index in [1.165, 1.54) is 19.2 Å². The van der Waals surface area contributed by atoms with E-state index in [1.54, 1.807) is 0 Å². The van der Waals surface area contributed by atoms with Gasteiger partial charge in [0.2, 0.25) is 17.2 Å². The zero-order chi connectivity index (χ0) is 37.9. The molecule has 0 saturated heterocycles. The number of sulfone groups is 1. The van der Waals surface area contributed by atoms with Gasteiger partial charge in [-0.3, -0.25) is 13.7 Å². The first-order chi connectivity index (χ1) is 23.6. The third-order valence-corrected chi connectivity index (χ3v) is 10.7. The third kappa shape index (κ3) is 10.1. The summed E-state index contributed by atoms with van der Waals surface area (Å²) >= 11 is 6.35. The van der Waals surface area contributed by atoms with Crippen molar-refractivity contribution in [2.75, 3.05) is 30.0 Å². The van der Waals surface area contributed by atoms with Gasteiger partial charge in [-0.25, -0.2) is 17.9 Å². The molecular weight excluding hydrogens is 814 g/mol. The number of phenols is 1. The van der Waals surface area contributed by atoms with E-state index in [0.717, 1.165) is 12.1 Å². The summed E-state index contributed by atoms with van der Waals surface area (Å²) < 4.78 is 133. The highest BCUT2D eigenvalue weighted by Crippen LogP contribution is 2.46. The first-order valence-electron chi connectivity index (χ1n) is 12.8. The number of nitrogens with zero attached hydrogens (tertiary/aromatic N) is 5. The Labute approximate surface area is 296 Å². The van der Waals surface area contributed by atoms with Crippen LogP contribution in [-0.4, -0.2) is 92.1 Å². The van der Waals surface area contributed by atoms with Gasteiger partial charge in [0, 0.05) is 17.3 Å². The molecule has 29 heteroatoms. The Morgan fingerprint density at radius 1 is 0.882 bits per heavy atom. The molecule has 0 radical (unpaired) electrons. The first kappa shape index (κ1) is 39.9. The summed E-state index contributed by atoms with van der Waals surface area (Å²) in [5, 5.41) is 35.4. The molecule has 276 valence electrons.